The molecule has 0 saturated heterocycles. The van der Waals surface area contributed by atoms with Crippen molar-refractivity contribution >= 4 is 21.9 Å². The highest BCUT2D eigenvalue weighted by Gasteiger charge is 2.15. The maximum atomic E-state index is 11.0. The van der Waals surface area contributed by atoms with Gasteiger partial charge < -0.3 is 4.74 Å². The van der Waals surface area contributed by atoms with Crippen molar-refractivity contribution in [3.8, 4) is 0 Å². The summed E-state index contributed by atoms with van der Waals surface area (Å²) in [6.07, 6.45) is 0.673. The molecule has 0 aromatic heterocycles. The predicted molar refractivity (Wildman–Crippen MR) is 54.0 cm³/mol. The van der Waals surface area contributed by atoms with E-state index in [1.165, 1.54) is 7.11 Å². The number of carbonyl (C=O) groups is 1. The van der Waals surface area contributed by atoms with Gasteiger partial charge in [-0.05, 0) is 12.3 Å². The second-order valence-electron chi connectivity index (χ2n) is 2.95. The maximum Gasteiger partial charge on any atom is 0.336 e. The molecule has 4 heteroatoms. The van der Waals surface area contributed by atoms with Crippen molar-refractivity contribution < 1.29 is 9.53 Å². The smallest absolute Gasteiger partial charge is 0.336 e. The zero-order chi connectivity index (χ0) is 10.4. The van der Waals surface area contributed by atoms with E-state index in [0.29, 0.717) is 16.8 Å². The topological polar surface area (TPSA) is 30.7 Å². The van der Waals surface area contributed by atoms with Crippen LogP contribution < -0.4 is 0 Å². The number of hydrogen-bond donors (Lipinski definition) is 0. The molecule has 0 fully saturated rings. The lowest BCUT2D eigenvalue weighted by atomic mass is 10.1. The third kappa shape index (κ3) is 4.09. The van der Waals surface area contributed by atoms with Gasteiger partial charge in [-0.15, -0.1) is 0 Å². The number of allylic oxidation sites excluding steroid dienone is 1. The van der Waals surface area contributed by atoms with Gasteiger partial charge in [0.2, 0.25) is 0 Å². The lowest BCUT2D eigenvalue weighted by Crippen LogP contribution is -2.04. The molecule has 0 saturated carbocycles. The van der Waals surface area contributed by atoms with Crippen LogP contribution in [0.3, 0.4) is 0 Å². The molecule has 0 atom stereocenters. The number of rotatable bonds is 3. The normalized spacial score (nSPS) is 12.0. The monoisotopic (exact) mass is 245 g/mol. The molecule has 0 radical (unpaired) electrons. The Kier molecular flexibility index (Phi) is 5.40. The molecule has 0 spiro atoms. The zero-order valence-corrected chi connectivity index (χ0v) is 9.51. The first-order chi connectivity index (χ1) is 6.02. The Labute approximate surface area is 86.7 Å². The van der Waals surface area contributed by atoms with Gasteiger partial charge in [-0.2, -0.15) is 0 Å². The first-order valence-electron chi connectivity index (χ1n) is 3.87. The predicted octanol–water partition coefficient (Wildman–Crippen LogP) is 2.73. The van der Waals surface area contributed by atoms with Gasteiger partial charge in [0.15, 0.2) is 0 Å². The summed E-state index contributed by atoms with van der Waals surface area (Å²) in [7, 11) is 1.27. The highest BCUT2D eigenvalue weighted by Crippen LogP contribution is 2.22. The molecular weight excluding hydrogens is 234 g/mol. The van der Waals surface area contributed by atoms with Crippen LogP contribution in [-0.2, 0) is 9.53 Å². The SMILES string of the molecule is [C-]#[N+]/C(C(=O)OC)=C(\Br)CC(C)C. The van der Waals surface area contributed by atoms with Gasteiger partial charge in [0.25, 0.3) is 5.70 Å². The van der Waals surface area contributed by atoms with Crippen molar-refractivity contribution in [1.82, 2.24) is 0 Å². The Morgan fingerprint density at radius 3 is 2.46 bits per heavy atom. The molecule has 0 unspecified atom stereocenters. The van der Waals surface area contributed by atoms with Crippen molar-refractivity contribution in [3.63, 3.8) is 0 Å². The quantitative estimate of drug-likeness (QED) is 0.435. The third-order valence-electron chi connectivity index (χ3n) is 1.33. The molecule has 0 aromatic carbocycles. The third-order valence-corrected chi connectivity index (χ3v) is 2.03. The Morgan fingerprint density at radius 2 is 2.15 bits per heavy atom. The van der Waals surface area contributed by atoms with Crippen LogP contribution >= 0.6 is 15.9 Å². The number of esters is 1. The standard InChI is InChI=1S/C9H12BrNO2/c1-6(2)5-7(10)8(11-3)9(12)13-4/h6H,5H2,1-2,4H3/b8-7-. The Morgan fingerprint density at radius 1 is 1.62 bits per heavy atom. The van der Waals surface area contributed by atoms with Crippen LogP contribution in [0.4, 0.5) is 0 Å². The van der Waals surface area contributed by atoms with Crippen molar-refractivity contribution in [2.75, 3.05) is 7.11 Å². The van der Waals surface area contributed by atoms with E-state index in [-0.39, 0.29) is 5.70 Å². The van der Waals surface area contributed by atoms with Gasteiger partial charge in [-0.1, -0.05) is 29.8 Å². The molecular formula is C9H12BrNO2. The average molecular weight is 246 g/mol. The van der Waals surface area contributed by atoms with Gasteiger partial charge in [0, 0.05) is 4.48 Å². The minimum atomic E-state index is -0.581. The first-order valence-corrected chi connectivity index (χ1v) is 4.66. The molecule has 0 aliphatic rings. The van der Waals surface area contributed by atoms with Crippen LogP contribution in [0.2, 0.25) is 0 Å². The van der Waals surface area contributed by atoms with E-state index in [4.69, 9.17) is 6.57 Å². The summed E-state index contributed by atoms with van der Waals surface area (Å²) in [5.74, 6) is -0.182. The van der Waals surface area contributed by atoms with Crippen LogP contribution in [0.1, 0.15) is 20.3 Å². The van der Waals surface area contributed by atoms with Crippen LogP contribution in [0.5, 0.6) is 0 Å². The lowest BCUT2D eigenvalue weighted by molar-refractivity contribution is -0.135. The van der Waals surface area contributed by atoms with Crippen LogP contribution in [0, 0.1) is 12.5 Å². The van der Waals surface area contributed by atoms with Gasteiger partial charge in [-0.25, -0.2) is 4.85 Å². The molecule has 0 rings (SSSR count). The van der Waals surface area contributed by atoms with Crippen LogP contribution in [0.15, 0.2) is 10.2 Å². The molecule has 3 nitrogen and oxygen atoms in total. The van der Waals surface area contributed by atoms with E-state index >= 15 is 0 Å². The summed E-state index contributed by atoms with van der Waals surface area (Å²) in [6, 6.07) is 0. The molecule has 0 bridgehead atoms. The van der Waals surface area contributed by atoms with Crippen molar-refractivity contribution in [1.29, 1.82) is 0 Å². The molecule has 72 valence electrons. The maximum absolute atomic E-state index is 11.0. The summed E-state index contributed by atoms with van der Waals surface area (Å²) in [5, 5.41) is 0. The number of methoxy groups -OCH3 is 1. The van der Waals surface area contributed by atoms with Crippen molar-refractivity contribution in [3.05, 3.63) is 21.6 Å². The van der Waals surface area contributed by atoms with Gasteiger partial charge in [0.1, 0.15) is 0 Å². The zero-order valence-electron chi connectivity index (χ0n) is 7.93. The number of halogens is 1. The van der Waals surface area contributed by atoms with E-state index in [9.17, 15) is 4.79 Å². The molecule has 0 heterocycles. The van der Waals surface area contributed by atoms with E-state index in [1.807, 2.05) is 13.8 Å². The molecule has 0 aliphatic carbocycles. The molecule has 0 aliphatic heterocycles. The first kappa shape index (κ1) is 12.2. The van der Waals surface area contributed by atoms with Crippen molar-refractivity contribution in [2.45, 2.75) is 20.3 Å². The van der Waals surface area contributed by atoms with E-state index < -0.39 is 5.97 Å². The largest absolute Gasteiger partial charge is 0.474 e. The molecule has 0 N–H and O–H groups in total. The Bertz CT molecular complexity index is 263. The van der Waals surface area contributed by atoms with Crippen molar-refractivity contribution in [2.24, 2.45) is 5.92 Å². The second-order valence-corrected chi connectivity index (χ2v) is 3.91. The van der Waals surface area contributed by atoms with Crippen LogP contribution in [0.25, 0.3) is 4.85 Å². The highest BCUT2D eigenvalue weighted by atomic mass is 79.9. The summed E-state index contributed by atoms with van der Waals surface area (Å²) in [5.41, 5.74) is 0.0381. The van der Waals surface area contributed by atoms with E-state index in [0.717, 1.165) is 0 Å². The fourth-order valence-electron chi connectivity index (χ4n) is 0.769. The highest BCUT2D eigenvalue weighted by molar-refractivity contribution is 9.11. The number of nitrogens with zero attached hydrogens (tertiary/aromatic N) is 1. The van der Waals surface area contributed by atoms with Gasteiger partial charge >= 0.3 is 5.97 Å². The lowest BCUT2D eigenvalue weighted by Gasteiger charge is -2.05. The summed E-state index contributed by atoms with van der Waals surface area (Å²) in [6.45, 7) is 10.8. The molecule has 0 aromatic rings. The Balaban J connectivity index is 4.72. The fraction of sp³-hybridized carbons (Fsp3) is 0.556. The fourth-order valence-corrected chi connectivity index (χ4v) is 1.67. The average Bonchev–Trinajstić information content (AvgIpc) is 2.03. The minimum absolute atomic E-state index is 0.0381. The summed E-state index contributed by atoms with van der Waals surface area (Å²) in [4.78, 5) is 14.2. The van der Waals surface area contributed by atoms with E-state index in [1.54, 1.807) is 0 Å². The number of hydrogen-bond acceptors (Lipinski definition) is 2. The summed E-state index contributed by atoms with van der Waals surface area (Å²) >= 11 is 3.21. The molecule has 0 amide bonds. The second kappa shape index (κ2) is 5.76. The minimum Gasteiger partial charge on any atom is -0.474 e. The van der Waals surface area contributed by atoms with Gasteiger partial charge in [0.05, 0.1) is 13.7 Å². The van der Waals surface area contributed by atoms with Crippen LogP contribution in [-0.4, -0.2) is 13.1 Å². The number of carbonyl (C=O) groups excluding carboxylic acids is 1. The number of ether oxygens (including phenoxy) is 1. The summed E-state index contributed by atoms with van der Waals surface area (Å²) < 4.78 is 5.08. The molecule has 13 heavy (non-hydrogen) atoms. The Hall–Kier alpha value is -0.820. The van der Waals surface area contributed by atoms with E-state index in [2.05, 4.69) is 25.5 Å². The van der Waals surface area contributed by atoms with Gasteiger partial charge in [-0.3, -0.25) is 4.79 Å².